The lowest BCUT2D eigenvalue weighted by Gasteiger charge is -2.08. The van der Waals surface area contributed by atoms with Gasteiger partial charge in [-0.2, -0.15) is 11.3 Å². The van der Waals surface area contributed by atoms with Gasteiger partial charge in [0.25, 0.3) is 5.91 Å². The van der Waals surface area contributed by atoms with Gasteiger partial charge in [-0.25, -0.2) is 0 Å². The third kappa shape index (κ3) is 2.80. The molecule has 4 N–H and O–H groups in total. The number of hydrazine groups is 1. The van der Waals surface area contributed by atoms with Crippen LogP contribution in [0.4, 0.5) is 5.69 Å². The monoisotopic (exact) mass is 248 g/mol. The fraction of sp³-hybridized carbons (Fsp3) is 0.0909. The molecule has 0 aromatic carbocycles. The maximum absolute atomic E-state index is 11.9. The zero-order valence-corrected chi connectivity index (χ0v) is 9.83. The summed E-state index contributed by atoms with van der Waals surface area (Å²) in [5.74, 6) is 5.13. The molecule has 0 aliphatic carbocycles. The number of nitrogens with zero attached hydrogens (tertiary/aromatic N) is 1. The van der Waals surface area contributed by atoms with Crippen LogP contribution in [0, 0.1) is 0 Å². The molecule has 6 heteroatoms. The summed E-state index contributed by atoms with van der Waals surface area (Å²) in [4.78, 5) is 15.8. The van der Waals surface area contributed by atoms with E-state index in [4.69, 9.17) is 5.84 Å². The quantitative estimate of drug-likeness (QED) is 0.564. The van der Waals surface area contributed by atoms with Crippen LogP contribution in [-0.4, -0.2) is 10.9 Å². The highest BCUT2D eigenvalue weighted by atomic mass is 32.1. The maximum Gasteiger partial charge on any atom is 0.255 e. The Labute approximate surface area is 103 Å². The first kappa shape index (κ1) is 11.6. The number of anilines is 1. The Morgan fingerprint density at radius 2 is 2.35 bits per heavy atom. The van der Waals surface area contributed by atoms with E-state index >= 15 is 0 Å². The lowest BCUT2D eigenvalue weighted by atomic mass is 10.2. The summed E-state index contributed by atoms with van der Waals surface area (Å²) in [6.07, 6.45) is 3.06. The molecular weight excluding hydrogens is 236 g/mol. The number of hydrogen-bond acceptors (Lipinski definition) is 5. The zero-order chi connectivity index (χ0) is 12.1. The summed E-state index contributed by atoms with van der Waals surface area (Å²) in [5.41, 5.74) is 4.54. The molecule has 0 aliphatic rings. The number of nitrogens with one attached hydrogen (secondary N) is 2. The Balaban J connectivity index is 2.04. The number of nitrogens with two attached hydrogens (primary N) is 1. The normalized spacial score (nSPS) is 9.94. The van der Waals surface area contributed by atoms with E-state index < -0.39 is 0 Å². The predicted octanol–water partition coefficient (Wildman–Crippen LogP) is 1.36. The average molecular weight is 248 g/mol. The minimum atomic E-state index is -0.197. The van der Waals surface area contributed by atoms with Gasteiger partial charge < -0.3 is 10.7 Å². The van der Waals surface area contributed by atoms with Crippen LogP contribution in [0.5, 0.6) is 0 Å². The van der Waals surface area contributed by atoms with E-state index in [2.05, 4.69) is 15.7 Å². The van der Waals surface area contributed by atoms with Crippen LogP contribution in [-0.2, 0) is 6.54 Å². The van der Waals surface area contributed by atoms with E-state index in [0.717, 1.165) is 5.56 Å². The fourth-order valence-corrected chi connectivity index (χ4v) is 2.04. The van der Waals surface area contributed by atoms with Gasteiger partial charge in [-0.3, -0.25) is 15.6 Å². The van der Waals surface area contributed by atoms with Gasteiger partial charge in [-0.1, -0.05) is 0 Å². The first-order valence-corrected chi connectivity index (χ1v) is 5.95. The molecular formula is C11H12N4OS. The van der Waals surface area contributed by atoms with Crippen LogP contribution < -0.4 is 16.6 Å². The number of nitrogen functional groups attached to an aromatic ring is 1. The molecule has 17 heavy (non-hydrogen) atoms. The van der Waals surface area contributed by atoms with Crippen molar-refractivity contribution in [1.29, 1.82) is 0 Å². The van der Waals surface area contributed by atoms with E-state index in [-0.39, 0.29) is 5.91 Å². The average Bonchev–Trinajstić information content (AvgIpc) is 2.89. The van der Waals surface area contributed by atoms with Crippen LogP contribution in [0.3, 0.4) is 0 Å². The second-order valence-electron chi connectivity index (χ2n) is 3.38. The van der Waals surface area contributed by atoms with Gasteiger partial charge in [-0.15, -0.1) is 0 Å². The van der Waals surface area contributed by atoms with Crippen molar-refractivity contribution in [3.05, 3.63) is 46.4 Å². The van der Waals surface area contributed by atoms with Crippen molar-refractivity contribution >= 4 is 22.9 Å². The van der Waals surface area contributed by atoms with Crippen molar-refractivity contribution in [3.8, 4) is 0 Å². The van der Waals surface area contributed by atoms with Crippen LogP contribution in [0.15, 0.2) is 35.3 Å². The van der Waals surface area contributed by atoms with Gasteiger partial charge in [0, 0.05) is 18.9 Å². The van der Waals surface area contributed by atoms with E-state index in [1.165, 1.54) is 6.20 Å². The van der Waals surface area contributed by atoms with Crippen molar-refractivity contribution in [2.24, 2.45) is 5.84 Å². The van der Waals surface area contributed by atoms with Gasteiger partial charge in [0.1, 0.15) is 0 Å². The highest BCUT2D eigenvalue weighted by Crippen LogP contribution is 2.12. The predicted molar refractivity (Wildman–Crippen MR) is 67.5 cm³/mol. The molecule has 0 bridgehead atoms. The van der Waals surface area contributed by atoms with Gasteiger partial charge in [0.15, 0.2) is 0 Å². The number of rotatable bonds is 4. The van der Waals surface area contributed by atoms with Crippen LogP contribution in [0.25, 0.3) is 0 Å². The SMILES string of the molecule is NNc1ccncc1C(=O)NCc1ccsc1. The third-order valence-corrected chi connectivity index (χ3v) is 2.99. The molecule has 2 aromatic rings. The van der Waals surface area contributed by atoms with Crippen LogP contribution in [0.2, 0.25) is 0 Å². The Morgan fingerprint density at radius 1 is 1.47 bits per heavy atom. The molecule has 0 fully saturated rings. The molecule has 0 radical (unpaired) electrons. The molecule has 2 aromatic heterocycles. The summed E-state index contributed by atoms with van der Waals surface area (Å²) < 4.78 is 0. The summed E-state index contributed by atoms with van der Waals surface area (Å²) in [7, 11) is 0. The summed E-state index contributed by atoms with van der Waals surface area (Å²) in [6.45, 7) is 0.501. The summed E-state index contributed by atoms with van der Waals surface area (Å²) in [5, 5.41) is 6.77. The van der Waals surface area contributed by atoms with E-state index in [1.807, 2.05) is 16.8 Å². The Bertz CT molecular complexity index is 498. The molecule has 5 nitrogen and oxygen atoms in total. The molecule has 0 saturated heterocycles. The Morgan fingerprint density at radius 3 is 3.06 bits per heavy atom. The van der Waals surface area contributed by atoms with Crippen molar-refractivity contribution < 1.29 is 4.79 Å². The number of aromatic nitrogens is 1. The Hall–Kier alpha value is -1.92. The van der Waals surface area contributed by atoms with Crippen molar-refractivity contribution in [2.75, 3.05) is 5.43 Å². The highest BCUT2D eigenvalue weighted by molar-refractivity contribution is 7.07. The number of hydrogen-bond donors (Lipinski definition) is 3. The molecule has 2 heterocycles. The molecule has 0 spiro atoms. The fourth-order valence-electron chi connectivity index (χ4n) is 1.37. The van der Waals surface area contributed by atoms with Crippen LogP contribution >= 0.6 is 11.3 Å². The first-order chi connectivity index (χ1) is 8.31. The highest BCUT2D eigenvalue weighted by Gasteiger charge is 2.10. The zero-order valence-electron chi connectivity index (χ0n) is 9.01. The van der Waals surface area contributed by atoms with Gasteiger partial charge in [-0.05, 0) is 28.5 Å². The second kappa shape index (κ2) is 5.42. The number of carbonyl (C=O) groups is 1. The lowest BCUT2D eigenvalue weighted by Crippen LogP contribution is -2.24. The molecule has 0 atom stereocenters. The molecule has 1 amide bonds. The van der Waals surface area contributed by atoms with E-state index in [9.17, 15) is 4.79 Å². The van der Waals surface area contributed by atoms with Gasteiger partial charge in [0.2, 0.25) is 0 Å². The summed E-state index contributed by atoms with van der Waals surface area (Å²) >= 11 is 1.60. The van der Waals surface area contributed by atoms with Crippen molar-refractivity contribution in [3.63, 3.8) is 0 Å². The number of thiophene rings is 1. The topological polar surface area (TPSA) is 80.0 Å². The van der Waals surface area contributed by atoms with E-state index in [0.29, 0.717) is 17.8 Å². The lowest BCUT2D eigenvalue weighted by molar-refractivity contribution is 0.0951. The standard InChI is InChI=1S/C11H12N4OS/c12-15-10-1-3-13-6-9(10)11(16)14-5-8-2-4-17-7-8/h1-4,6-7H,5,12H2,(H,13,15)(H,14,16). The summed E-state index contributed by atoms with van der Waals surface area (Å²) in [6, 6.07) is 3.62. The van der Waals surface area contributed by atoms with Gasteiger partial charge >= 0.3 is 0 Å². The molecule has 88 valence electrons. The maximum atomic E-state index is 11.9. The van der Waals surface area contributed by atoms with Crippen molar-refractivity contribution in [1.82, 2.24) is 10.3 Å². The Kier molecular flexibility index (Phi) is 3.69. The molecule has 0 unspecified atom stereocenters. The number of amides is 1. The minimum Gasteiger partial charge on any atom is -0.348 e. The second-order valence-corrected chi connectivity index (χ2v) is 4.16. The number of carbonyl (C=O) groups excluding carboxylic acids is 1. The van der Waals surface area contributed by atoms with Crippen molar-refractivity contribution in [2.45, 2.75) is 6.54 Å². The smallest absolute Gasteiger partial charge is 0.255 e. The molecule has 0 aliphatic heterocycles. The van der Waals surface area contributed by atoms with Crippen LogP contribution in [0.1, 0.15) is 15.9 Å². The van der Waals surface area contributed by atoms with Gasteiger partial charge in [0.05, 0.1) is 11.3 Å². The number of pyridine rings is 1. The molecule has 2 rings (SSSR count). The third-order valence-electron chi connectivity index (χ3n) is 2.25. The first-order valence-electron chi connectivity index (χ1n) is 5.01. The largest absolute Gasteiger partial charge is 0.348 e. The minimum absolute atomic E-state index is 0.197. The molecule has 0 saturated carbocycles. The van der Waals surface area contributed by atoms with E-state index in [1.54, 1.807) is 23.6 Å².